The monoisotopic (exact) mass is 251 g/mol. The Bertz CT molecular complexity index is 435. The summed E-state index contributed by atoms with van der Waals surface area (Å²) in [5.41, 5.74) is 1.12. The average Bonchev–Trinajstić information content (AvgIpc) is 2.27. The molecule has 1 atom stereocenters. The zero-order valence-corrected chi connectivity index (χ0v) is 11.8. The third kappa shape index (κ3) is 3.83. The van der Waals surface area contributed by atoms with Crippen molar-refractivity contribution in [2.24, 2.45) is 11.3 Å². The Hall–Kier alpha value is -1.38. The summed E-state index contributed by atoms with van der Waals surface area (Å²) >= 11 is 0. The highest BCUT2D eigenvalue weighted by Crippen LogP contribution is 2.24. The van der Waals surface area contributed by atoms with Crippen LogP contribution in [0.5, 0.6) is 0 Å². The summed E-state index contributed by atoms with van der Waals surface area (Å²) in [7, 11) is 0. The van der Waals surface area contributed by atoms with Gasteiger partial charge in [0.15, 0.2) is 0 Å². The van der Waals surface area contributed by atoms with Gasteiger partial charge in [0, 0.05) is 6.54 Å². The van der Waals surface area contributed by atoms with Gasteiger partial charge in [0.1, 0.15) is 5.82 Å². The lowest BCUT2D eigenvalue weighted by atomic mass is 9.82. The SMILES string of the molecule is Cc1ccc(F)c(C(=O)NCC(C)C(C)(C)C)c1. The highest BCUT2D eigenvalue weighted by atomic mass is 19.1. The fraction of sp³-hybridized carbons (Fsp3) is 0.533. The van der Waals surface area contributed by atoms with Crippen LogP contribution in [0, 0.1) is 24.1 Å². The van der Waals surface area contributed by atoms with Crippen molar-refractivity contribution >= 4 is 5.91 Å². The summed E-state index contributed by atoms with van der Waals surface area (Å²) in [6.07, 6.45) is 0. The molecule has 100 valence electrons. The van der Waals surface area contributed by atoms with Gasteiger partial charge < -0.3 is 5.32 Å². The van der Waals surface area contributed by atoms with Crippen LogP contribution in [-0.2, 0) is 0 Å². The van der Waals surface area contributed by atoms with Crippen molar-refractivity contribution in [1.82, 2.24) is 5.32 Å². The first-order valence-corrected chi connectivity index (χ1v) is 6.26. The minimum Gasteiger partial charge on any atom is -0.352 e. The van der Waals surface area contributed by atoms with Crippen LogP contribution in [0.1, 0.15) is 43.6 Å². The van der Waals surface area contributed by atoms with E-state index in [4.69, 9.17) is 0 Å². The van der Waals surface area contributed by atoms with E-state index in [1.54, 1.807) is 12.1 Å². The third-order valence-corrected chi connectivity index (χ3v) is 3.41. The Balaban J connectivity index is 2.69. The number of nitrogens with one attached hydrogen (secondary N) is 1. The second kappa shape index (κ2) is 5.51. The van der Waals surface area contributed by atoms with Gasteiger partial charge in [-0.1, -0.05) is 39.3 Å². The lowest BCUT2D eigenvalue weighted by Crippen LogP contribution is -2.34. The fourth-order valence-corrected chi connectivity index (χ4v) is 1.46. The Labute approximate surface area is 109 Å². The molecule has 1 aromatic carbocycles. The van der Waals surface area contributed by atoms with Gasteiger partial charge in [-0.15, -0.1) is 0 Å². The molecule has 1 N–H and O–H groups in total. The summed E-state index contributed by atoms with van der Waals surface area (Å²) in [5, 5.41) is 2.79. The predicted octanol–water partition coefficient (Wildman–Crippen LogP) is 3.55. The highest BCUT2D eigenvalue weighted by molar-refractivity contribution is 5.94. The van der Waals surface area contributed by atoms with E-state index in [0.717, 1.165) is 5.56 Å². The molecule has 0 aliphatic rings. The lowest BCUT2D eigenvalue weighted by molar-refractivity contribution is 0.0933. The average molecular weight is 251 g/mol. The van der Waals surface area contributed by atoms with E-state index in [1.807, 2.05) is 6.92 Å². The van der Waals surface area contributed by atoms with Gasteiger partial charge in [0.25, 0.3) is 5.91 Å². The van der Waals surface area contributed by atoms with Gasteiger partial charge in [0.2, 0.25) is 0 Å². The van der Waals surface area contributed by atoms with E-state index in [2.05, 4.69) is 33.0 Å². The van der Waals surface area contributed by atoms with Crippen LogP contribution in [0.2, 0.25) is 0 Å². The van der Waals surface area contributed by atoms with Crippen molar-refractivity contribution in [2.45, 2.75) is 34.6 Å². The summed E-state index contributed by atoms with van der Waals surface area (Å²) in [5.74, 6) is -0.483. The molecule has 1 rings (SSSR count). The van der Waals surface area contributed by atoms with Crippen LogP contribution >= 0.6 is 0 Å². The van der Waals surface area contributed by atoms with Crippen molar-refractivity contribution in [3.63, 3.8) is 0 Å². The van der Waals surface area contributed by atoms with Crippen molar-refractivity contribution in [3.8, 4) is 0 Å². The van der Waals surface area contributed by atoms with Crippen molar-refractivity contribution in [3.05, 3.63) is 35.1 Å². The quantitative estimate of drug-likeness (QED) is 0.874. The predicted molar refractivity (Wildman–Crippen MR) is 72.1 cm³/mol. The normalized spacial score (nSPS) is 13.2. The number of aryl methyl sites for hydroxylation is 1. The largest absolute Gasteiger partial charge is 0.352 e. The van der Waals surface area contributed by atoms with E-state index < -0.39 is 5.82 Å². The molecule has 0 saturated carbocycles. The maximum Gasteiger partial charge on any atom is 0.254 e. The number of amides is 1. The highest BCUT2D eigenvalue weighted by Gasteiger charge is 2.21. The summed E-state index contributed by atoms with van der Waals surface area (Å²) in [6.45, 7) is 10.8. The zero-order chi connectivity index (χ0) is 13.9. The van der Waals surface area contributed by atoms with E-state index in [9.17, 15) is 9.18 Å². The molecule has 0 aliphatic heterocycles. The second-order valence-electron chi connectivity index (χ2n) is 5.96. The number of benzene rings is 1. The number of rotatable bonds is 3. The van der Waals surface area contributed by atoms with E-state index in [-0.39, 0.29) is 16.9 Å². The van der Waals surface area contributed by atoms with Gasteiger partial charge in [-0.2, -0.15) is 0 Å². The van der Waals surface area contributed by atoms with E-state index >= 15 is 0 Å². The number of hydrogen-bond acceptors (Lipinski definition) is 1. The molecule has 0 saturated heterocycles. The first-order chi connectivity index (χ1) is 8.21. The topological polar surface area (TPSA) is 29.1 Å². The van der Waals surface area contributed by atoms with Gasteiger partial charge in [-0.25, -0.2) is 4.39 Å². The maximum absolute atomic E-state index is 13.5. The van der Waals surface area contributed by atoms with Crippen LogP contribution in [0.3, 0.4) is 0 Å². The Morgan fingerprint density at radius 3 is 2.56 bits per heavy atom. The molecule has 3 heteroatoms. The first-order valence-electron chi connectivity index (χ1n) is 6.26. The fourth-order valence-electron chi connectivity index (χ4n) is 1.46. The third-order valence-electron chi connectivity index (χ3n) is 3.41. The summed E-state index contributed by atoms with van der Waals surface area (Å²) < 4.78 is 13.5. The molecule has 0 aromatic heterocycles. The smallest absolute Gasteiger partial charge is 0.254 e. The van der Waals surface area contributed by atoms with Crippen LogP contribution in [0.15, 0.2) is 18.2 Å². The molecular weight excluding hydrogens is 229 g/mol. The Kier molecular flexibility index (Phi) is 4.49. The standard InChI is InChI=1S/C15H22FNO/c1-10-6-7-13(16)12(8-10)14(18)17-9-11(2)15(3,4)5/h6-8,11H,9H2,1-5H3,(H,17,18). The molecule has 0 spiro atoms. The summed E-state index contributed by atoms with van der Waals surface area (Å²) in [4.78, 5) is 11.9. The molecule has 0 fully saturated rings. The zero-order valence-electron chi connectivity index (χ0n) is 11.8. The Morgan fingerprint density at radius 1 is 1.39 bits per heavy atom. The van der Waals surface area contributed by atoms with Gasteiger partial charge in [-0.3, -0.25) is 4.79 Å². The molecule has 1 unspecified atom stereocenters. The molecule has 2 nitrogen and oxygen atoms in total. The maximum atomic E-state index is 13.5. The second-order valence-corrected chi connectivity index (χ2v) is 5.96. The molecule has 0 heterocycles. The number of carbonyl (C=O) groups excluding carboxylic acids is 1. The first kappa shape index (κ1) is 14.7. The van der Waals surface area contributed by atoms with Crippen LogP contribution in [0.4, 0.5) is 4.39 Å². The van der Waals surface area contributed by atoms with Crippen molar-refractivity contribution in [1.29, 1.82) is 0 Å². The van der Waals surface area contributed by atoms with E-state index in [1.165, 1.54) is 6.07 Å². The number of carbonyl (C=O) groups is 1. The number of halogens is 1. The van der Waals surface area contributed by atoms with Gasteiger partial charge in [-0.05, 0) is 30.4 Å². The van der Waals surface area contributed by atoms with Crippen molar-refractivity contribution in [2.75, 3.05) is 6.54 Å². The molecule has 0 radical (unpaired) electrons. The minimum absolute atomic E-state index is 0.121. The molecule has 0 aliphatic carbocycles. The molecular formula is C15H22FNO. The minimum atomic E-state index is -0.471. The molecule has 1 amide bonds. The van der Waals surface area contributed by atoms with Crippen LogP contribution in [-0.4, -0.2) is 12.5 Å². The van der Waals surface area contributed by atoms with Gasteiger partial charge >= 0.3 is 0 Å². The molecule has 18 heavy (non-hydrogen) atoms. The Morgan fingerprint density at radius 2 is 2.00 bits per heavy atom. The van der Waals surface area contributed by atoms with Gasteiger partial charge in [0.05, 0.1) is 5.56 Å². The lowest BCUT2D eigenvalue weighted by Gasteiger charge is -2.27. The van der Waals surface area contributed by atoms with E-state index in [0.29, 0.717) is 12.5 Å². The van der Waals surface area contributed by atoms with Crippen LogP contribution in [0.25, 0.3) is 0 Å². The van der Waals surface area contributed by atoms with Crippen molar-refractivity contribution < 1.29 is 9.18 Å². The molecule has 0 bridgehead atoms. The van der Waals surface area contributed by atoms with Crippen LogP contribution < -0.4 is 5.32 Å². The summed E-state index contributed by atoms with van der Waals surface area (Å²) in [6, 6.07) is 4.56. The molecule has 1 aromatic rings. The number of hydrogen-bond donors (Lipinski definition) is 1.